The molecule has 4 nitrogen and oxygen atoms in total. The number of Topliss-reactive ketones (excluding diaryl/α,β-unsaturated/α-hetero) is 1. The van der Waals surface area contributed by atoms with Gasteiger partial charge >= 0.3 is 5.97 Å². The molecule has 1 aliphatic heterocycles. The molecule has 0 aromatic heterocycles. The van der Waals surface area contributed by atoms with Crippen LogP contribution in [0.2, 0.25) is 0 Å². The Morgan fingerprint density at radius 3 is 3.00 bits per heavy atom. The lowest BCUT2D eigenvalue weighted by Gasteiger charge is -2.05. The van der Waals surface area contributed by atoms with Crippen LogP contribution in [-0.4, -0.2) is 25.5 Å². The molecule has 0 atom stereocenters. The normalized spacial score (nSPS) is 12.8. The fraction of sp³-hybridized carbons (Fsp3) is 0.333. The van der Waals surface area contributed by atoms with E-state index in [0.29, 0.717) is 17.9 Å². The molecule has 0 bridgehead atoms. The molecule has 0 saturated carbocycles. The fourth-order valence-electron chi connectivity index (χ4n) is 1.73. The smallest absolute Gasteiger partial charge is 0.313 e. The van der Waals surface area contributed by atoms with E-state index >= 15 is 0 Å². The van der Waals surface area contributed by atoms with Crippen molar-refractivity contribution in [1.82, 2.24) is 0 Å². The Bertz CT molecular complexity index is 437. The van der Waals surface area contributed by atoms with E-state index in [9.17, 15) is 9.59 Å². The number of benzene rings is 1. The summed E-state index contributed by atoms with van der Waals surface area (Å²) in [6, 6.07) is 5.41. The Morgan fingerprint density at radius 2 is 2.25 bits per heavy atom. The summed E-state index contributed by atoms with van der Waals surface area (Å²) in [4.78, 5) is 22.8. The van der Waals surface area contributed by atoms with E-state index in [1.165, 1.54) is 7.11 Å². The molecule has 0 fully saturated rings. The van der Waals surface area contributed by atoms with Gasteiger partial charge in [-0.15, -0.1) is 0 Å². The monoisotopic (exact) mass is 220 g/mol. The van der Waals surface area contributed by atoms with Gasteiger partial charge in [0.25, 0.3) is 0 Å². The second kappa shape index (κ2) is 4.35. The number of para-hydroxylation sites is 1. The number of esters is 1. The lowest BCUT2D eigenvalue weighted by Crippen LogP contribution is -2.10. The summed E-state index contributed by atoms with van der Waals surface area (Å²) in [5.74, 6) is -0.164. The molecule has 1 heterocycles. The predicted molar refractivity (Wildman–Crippen MR) is 56.6 cm³/mol. The van der Waals surface area contributed by atoms with Gasteiger partial charge in [0.05, 0.1) is 19.3 Å². The first kappa shape index (κ1) is 10.7. The minimum atomic E-state index is -0.527. The number of fused-ring (bicyclic) bond motifs is 1. The number of hydrogen-bond donors (Lipinski definition) is 0. The van der Waals surface area contributed by atoms with Crippen molar-refractivity contribution in [3.63, 3.8) is 0 Å². The topological polar surface area (TPSA) is 52.6 Å². The van der Waals surface area contributed by atoms with Crippen molar-refractivity contribution in [2.24, 2.45) is 0 Å². The molecule has 0 saturated heterocycles. The quantitative estimate of drug-likeness (QED) is 0.438. The third kappa shape index (κ3) is 1.91. The van der Waals surface area contributed by atoms with Crippen molar-refractivity contribution in [1.29, 1.82) is 0 Å². The molecule has 84 valence electrons. The minimum absolute atomic E-state index is 0.240. The zero-order valence-corrected chi connectivity index (χ0v) is 8.99. The zero-order valence-electron chi connectivity index (χ0n) is 8.99. The molecule has 4 heteroatoms. The molecule has 0 N–H and O–H groups in total. The van der Waals surface area contributed by atoms with Crippen molar-refractivity contribution in [2.75, 3.05) is 13.7 Å². The Hall–Kier alpha value is -1.84. The summed E-state index contributed by atoms with van der Waals surface area (Å²) >= 11 is 0. The first-order valence-electron chi connectivity index (χ1n) is 5.07. The molecular formula is C12H12O4. The van der Waals surface area contributed by atoms with Crippen molar-refractivity contribution in [2.45, 2.75) is 12.8 Å². The average Bonchev–Trinajstić information content (AvgIpc) is 2.76. The van der Waals surface area contributed by atoms with Gasteiger partial charge in [-0.1, -0.05) is 12.1 Å². The van der Waals surface area contributed by atoms with Crippen LogP contribution in [0, 0.1) is 0 Å². The Balaban J connectivity index is 2.24. The SMILES string of the molecule is COC(=O)CC(=O)c1cccc2c1OCC2. The van der Waals surface area contributed by atoms with Gasteiger partial charge in [0.1, 0.15) is 12.2 Å². The number of carbonyl (C=O) groups excluding carboxylic acids is 2. The van der Waals surface area contributed by atoms with Crippen LogP contribution in [0.25, 0.3) is 0 Å². The number of methoxy groups -OCH3 is 1. The van der Waals surface area contributed by atoms with E-state index in [1.807, 2.05) is 6.07 Å². The van der Waals surface area contributed by atoms with Gasteiger partial charge in [-0.2, -0.15) is 0 Å². The fourth-order valence-corrected chi connectivity index (χ4v) is 1.73. The van der Waals surface area contributed by atoms with Crippen LogP contribution in [-0.2, 0) is 16.0 Å². The van der Waals surface area contributed by atoms with Gasteiger partial charge in [0, 0.05) is 6.42 Å². The van der Waals surface area contributed by atoms with Crippen LogP contribution in [0.1, 0.15) is 22.3 Å². The van der Waals surface area contributed by atoms with Gasteiger partial charge in [0.2, 0.25) is 0 Å². The van der Waals surface area contributed by atoms with Crippen LogP contribution in [0.5, 0.6) is 5.75 Å². The van der Waals surface area contributed by atoms with E-state index < -0.39 is 5.97 Å². The summed E-state index contributed by atoms with van der Waals surface area (Å²) < 4.78 is 9.85. The lowest BCUT2D eigenvalue weighted by atomic mass is 10.0. The van der Waals surface area contributed by atoms with Crippen LogP contribution in [0.3, 0.4) is 0 Å². The lowest BCUT2D eigenvalue weighted by molar-refractivity contribution is -0.139. The van der Waals surface area contributed by atoms with Crippen molar-refractivity contribution < 1.29 is 19.1 Å². The van der Waals surface area contributed by atoms with Gasteiger partial charge in [0.15, 0.2) is 5.78 Å². The summed E-state index contributed by atoms with van der Waals surface area (Å²) in [7, 11) is 1.27. The molecule has 0 amide bonds. The summed E-state index contributed by atoms with van der Waals surface area (Å²) in [5.41, 5.74) is 1.50. The highest BCUT2D eigenvalue weighted by molar-refractivity contribution is 6.07. The van der Waals surface area contributed by atoms with E-state index in [4.69, 9.17) is 4.74 Å². The highest BCUT2D eigenvalue weighted by Gasteiger charge is 2.21. The standard InChI is InChI=1S/C12H12O4/c1-15-11(14)7-10(13)9-4-2-3-8-5-6-16-12(8)9/h2-4H,5-7H2,1H3. The number of ketones is 1. The number of hydrogen-bond acceptors (Lipinski definition) is 4. The third-order valence-electron chi connectivity index (χ3n) is 2.55. The summed E-state index contributed by atoms with van der Waals surface area (Å²) in [5, 5.41) is 0. The average molecular weight is 220 g/mol. The molecule has 16 heavy (non-hydrogen) atoms. The summed E-state index contributed by atoms with van der Waals surface area (Å²) in [6.07, 6.45) is 0.574. The maximum Gasteiger partial charge on any atom is 0.313 e. The van der Waals surface area contributed by atoms with Crippen LogP contribution < -0.4 is 4.74 Å². The maximum absolute atomic E-state index is 11.8. The Morgan fingerprint density at radius 1 is 1.44 bits per heavy atom. The van der Waals surface area contributed by atoms with Crippen molar-refractivity contribution >= 4 is 11.8 Å². The molecule has 2 rings (SSSR count). The molecule has 1 aromatic rings. The molecular weight excluding hydrogens is 208 g/mol. The van der Waals surface area contributed by atoms with Gasteiger partial charge < -0.3 is 9.47 Å². The van der Waals surface area contributed by atoms with Gasteiger partial charge in [-0.05, 0) is 11.6 Å². The number of rotatable bonds is 3. The second-order valence-electron chi connectivity index (χ2n) is 3.57. The van der Waals surface area contributed by atoms with Crippen molar-refractivity contribution in [3.05, 3.63) is 29.3 Å². The second-order valence-corrected chi connectivity index (χ2v) is 3.57. The Kier molecular flexibility index (Phi) is 2.90. The third-order valence-corrected chi connectivity index (χ3v) is 2.55. The zero-order chi connectivity index (χ0) is 11.5. The first-order chi connectivity index (χ1) is 7.72. The minimum Gasteiger partial charge on any atom is -0.492 e. The number of ether oxygens (including phenoxy) is 2. The maximum atomic E-state index is 11.8. The van der Waals surface area contributed by atoms with Crippen molar-refractivity contribution in [3.8, 4) is 5.75 Å². The van der Waals surface area contributed by atoms with E-state index in [0.717, 1.165) is 12.0 Å². The number of carbonyl (C=O) groups is 2. The molecule has 1 aromatic carbocycles. The largest absolute Gasteiger partial charge is 0.492 e. The molecule has 0 radical (unpaired) electrons. The summed E-state index contributed by atoms with van der Waals surface area (Å²) in [6.45, 7) is 0.595. The van der Waals surface area contributed by atoms with E-state index in [1.54, 1.807) is 12.1 Å². The first-order valence-corrected chi connectivity index (χ1v) is 5.07. The molecule has 0 spiro atoms. The van der Waals surface area contributed by atoms with E-state index in [-0.39, 0.29) is 12.2 Å². The highest BCUT2D eigenvalue weighted by atomic mass is 16.5. The van der Waals surface area contributed by atoms with Gasteiger partial charge in [-0.3, -0.25) is 9.59 Å². The van der Waals surface area contributed by atoms with Crippen LogP contribution in [0.4, 0.5) is 0 Å². The predicted octanol–water partition coefficient (Wildman–Crippen LogP) is 1.37. The highest BCUT2D eigenvalue weighted by Crippen LogP contribution is 2.30. The van der Waals surface area contributed by atoms with Crippen LogP contribution in [0.15, 0.2) is 18.2 Å². The van der Waals surface area contributed by atoms with E-state index in [2.05, 4.69) is 4.74 Å². The molecule has 0 aliphatic carbocycles. The molecule has 0 unspecified atom stereocenters. The molecule has 1 aliphatic rings. The van der Waals surface area contributed by atoms with Crippen LogP contribution >= 0.6 is 0 Å². The Labute approximate surface area is 93.2 Å². The van der Waals surface area contributed by atoms with Gasteiger partial charge in [-0.25, -0.2) is 0 Å².